The molecule has 0 bridgehead atoms. The van der Waals surface area contributed by atoms with Gasteiger partial charge in [0.15, 0.2) is 5.01 Å². The van der Waals surface area contributed by atoms with Crippen LogP contribution in [0.1, 0.15) is 28.3 Å². The van der Waals surface area contributed by atoms with E-state index in [9.17, 15) is 4.79 Å². The van der Waals surface area contributed by atoms with Gasteiger partial charge in [0.1, 0.15) is 5.15 Å². The van der Waals surface area contributed by atoms with Gasteiger partial charge in [0, 0.05) is 5.38 Å². The van der Waals surface area contributed by atoms with Crippen molar-refractivity contribution in [3.05, 3.63) is 75.7 Å². The van der Waals surface area contributed by atoms with E-state index in [0.29, 0.717) is 16.1 Å². The SMILES string of the molecule is CC(c1ccccc1)n1c(NC(=O)c2nc(Cl)cs2)nc2ccccc21. The van der Waals surface area contributed by atoms with Crippen molar-refractivity contribution in [2.24, 2.45) is 0 Å². The van der Waals surface area contributed by atoms with E-state index >= 15 is 0 Å². The summed E-state index contributed by atoms with van der Waals surface area (Å²) in [6.07, 6.45) is 0. The molecule has 2 heterocycles. The lowest BCUT2D eigenvalue weighted by Crippen LogP contribution is -2.18. The molecule has 1 atom stereocenters. The van der Waals surface area contributed by atoms with Crippen LogP contribution in [0.15, 0.2) is 60.0 Å². The number of amides is 1. The third kappa shape index (κ3) is 3.09. The predicted octanol–water partition coefficient (Wildman–Crippen LogP) is 5.01. The first kappa shape index (κ1) is 16.8. The van der Waals surface area contributed by atoms with Gasteiger partial charge in [-0.1, -0.05) is 54.1 Å². The summed E-state index contributed by atoms with van der Waals surface area (Å²) >= 11 is 7.03. The number of anilines is 1. The van der Waals surface area contributed by atoms with Crippen LogP contribution in [0.3, 0.4) is 0 Å². The summed E-state index contributed by atoms with van der Waals surface area (Å²) in [6, 6.07) is 17.9. The number of fused-ring (bicyclic) bond motifs is 1. The van der Waals surface area contributed by atoms with Gasteiger partial charge in [0.05, 0.1) is 17.1 Å². The number of hydrogen-bond donors (Lipinski definition) is 1. The molecule has 4 aromatic rings. The van der Waals surface area contributed by atoms with Crippen molar-refractivity contribution in [3.8, 4) is 0 Å². The number of hydrogen-bond acceptors (Lipinski definition) is 4. The lowest BCUT2D eigenvalue weighted by molar-refractivity contribution is 0.102. The summed E-state index contributed by atoms with van der Waals surface area (Å²) in [5.74, 6) is 0.164. The molecule has 0 saturated heterocycles. The molecule has 0 aliphatic heterocycles. The fourth-order valence-electron chi connectivity index (χ4n) is 2.92. The maximum Gasteiger partial charge on any atom is 0.287 e. The zero-order valence-corrected chi connectivity index (χ0v) is 15.5. The zero-order chi connectivity index (χ0) is 18.1. The summed E-state index contributed by atoms with van der Waals surface area (Å²) in [6.45, 7) is 2.08. The quantitative estimate of drug-likeness (QED) is 0.539. The van der Waals surface area contributed by atoms with E-state index in [1.54, 1.807) is 5.38 Å². The van der Waals surface area contributed by atoms with Crippen molar-refractivity contribution in [3.63, 3.8) is 0 Å². The van der Waals surface area contributed by atoms with Crippen molar-refractivity contribution in [2.45, 2.75) is 13.0 Å². The Hall–Kier alpha value is -2.70. The highest BCUT2D eigenvalue weighted by atomic mass is 35.5. The summed E-state index contributed by atoms with van der Waals surface area (Å²) in [5.41, 5.74) is 2.91. The number of halogens is 1. The Kier molecular flexibility index (Phi) is 4.44. The molecule has 2 aromatic carbocycles. The van der Waals surface area contributed by atoms with Gasteiger partial charge in [-0.3, -0.25) is 10.1 Å². The molecular formula is C19H15ClN4OS. The number of aromatic nitrogens is 3. The molecule has 0 fully saturated rings. The number of carbonyl (C=O) groups is 1. The second kappa shape index (κ2) is 6.90. The number of para-hydroxylation sites is 2. The van der Waals surface area contributed by atoms with Gasteiger partial charge in [-0.05, 0) is 24.6 Å². The van der Waals surface area contributed by atoms with Crippen molar-refractivity contribution >= 4 is 45.8 Å². The second-order valence-electron chi connectivity index (χ2n) is 5.81. The third-order valence-corrected chi connectivity index (χ3v) is 5.32. The van der Waals surface area contributed by atoms with Gasteiger partial charge >= 0.3 is 0 Å². The molecule has 0 aliphatic carbocycles. The lowest BCUT2D eigenvalue weighted by atomic mass is 10.1. The Labute approximate surface area is 159 Å². The molecule has 5 nitrogen and oxygen atoms in total. The van der Waals surface area contributed by atoms with Crippen LogP contribution in [0.5, 0.6) is 0 Å². The van der Waals surface area contributed by atoms with Crippen LogP contribution in [0.2, 0.25) is 5.15 Å². The molecule has 0 spiro atoms. The summed E-state index contributed by atoms with van der Waals surface area (Å²) in [7, 11) is 0. The third-order valence-electron chi connectivity index (χ3n) is 4.16. The molecule has 0 radical (unpaired) electrons. The highest BCUT2D eigenvalue weighted by Crippen LogP contribution is 2.29. The summed E-state index contributed by atoms with van der Waals surface area (Å²) in [5, 5.41) is 5.13. The number of nitrogens with one attached hydrogen (secondary N) is 1. The number of benzene rings is 2. The van der Waals surface area contributed by atoms with Crippen molar-refractivity contribution < 1.29 is 4.79 Å². The van der Waals surface area contributed by atoms with Gasteiger partial charge in [-0.2, -0.15) is 0 Å². The maximum absolute atomic E-state index is 12.5. The molecule has 0 saturated carbocycles. The fourth-order valence-corrected chi connectivity index (χ4v) is 3.76. The highest BCUT2D eigenvalue weighted by molar-refractivity contribution is 7.12. The molecule has 26 heavy (non-hydrogen) atoms. The smallest absolute Gasteiger partial charge is 0.287 e. The van der Waals surface area contributed by atoms with Gasteiger partial charge < -0.3 is 4.57 Å². The van der Waals surface area contributed by atoms with Gasteiger partial charge in [0.25, 0.3) is 5.91 Å². The molecule has 1 unspecified atom stereocenters. The van der Waals surface area contributed by atoms with Crippen molar-refractivity contribution in [2.75, 3.05) is 5.32 Å². The van der Waals surface area contributed by atoms with Gasteiger partial charge in [-0.15, -0.1) is 11.3 Å². The highest BCUT2D eigenvalue weighted by Gasteiger charge is 2.20. The molecule has 1 amide bonds. The maximum atomic E-state index is 12.5. The van der Waals surface area contributed by atoms with E-state index in [-0.39, 0.29) is 11.9 Å². The van der Waals surface area contributed by atoms with Crippen LogP contribution >= 0.6 is 22.9 Å². The van der Waals surface area contributed by atoms with Gasteiger partial charge in [-0.25, -0.2) is 9.97 Å². The van der Waals surface area contributed by atoms with E-state index in [0.717, 1.165) is 16.6 Å². The Morgan fingerprint density at radius 2 is 1.85 bits per heavy atom. The number of rotatable bonds is 4. The molecule has 4 rings (SSSR count). The van der Waals surface area contributed by atoms with E-state index < -0.39 is 0 Å². The van der Waals surface area contributed by atoms with Crippen LogP contribution in [-0.2, 0) is 0 Å². The fraction of sp³-hybridized carbons (Fsp3) is 0.105. The first-order valence-electron chi connectivity index (χ1n) is 8.08. The Balaban J connectivity index is 1.78. The minimum absolute atomic E-state index is 0.00113. The Bertz CT molecular complexity index is 1070. The van der Waals surface area contributed by atoms with Crippen LogP contribution < -0.4 is 5.32 Å². The minimum atomic E-state index is -0.321. The van der Waals surface area contributed by atoms with E-state index in [1.165, 1.54) is 11.3 Å². The number of imidazole rings is 1. The molecule has 7 heteroatoms. The molecule has 1 N–H and O–H groups in total. The predicted molar refractivity (Wildman–Crippen MR) is 105 cm³/mol. The number of nitrogens with zero attached hydrogens (tertiary/aromatic N) is 3. The second-order valence-corrected chi connectivity index (χ2v) is 7.06. The van der Waals surface area contributed by atoms with Crippen LogP contribution in [0.25, 0.3) is 11.0 Å². The van der Waals surface area contributed by atoms with Crippen LogP contribution in [0.4, 0.5) is 5.95 Å². The van der Waals surface area contributed by atoms with Crippen LogP contribution in [-0.4, -0.2) is 20.4 Å². The van der Waals surface area contributed by atoms with Crippen molar-refractivity contribution in [1.29, 1.82) is 0 Å². The first-order chi connectivity index (χ1) is 12.6. The molecular weight excluding hydrogens is 368 g/mol. The summed E-state index contributed by atoms with van der Waals surface area (Å²) in [4.78, 5) is 21.2. The summed E-state index contributed by atoms with van der Waals surface area (Å²) < 4.78 is 2.03. The number of carbonyl (C=O) groups excluding carboxylic acids is 1. The zero-order valence-electron chi connectivity index (χ0n) is 13.9. The largest absolute Gasteiger partial charge is 0.303 e. The van der Waals surface area contributed by atoms with E-state index in [4.69, 9.17) is 11.6 Å². The van der Waals surface area contributed by atoms with Crippen molar-refractivity contribution in [1.82, 2.24) is 14.5 Å². The standard InChI is InChI=1S/C19H15ClN4OS/c1-12(13-7-3-2-4-8-13)24-15-10-6-5-9-14(15)21-19(24)23-17(25)18-22-16(20)11-26-18/h2-12H,1H3,(H,21,23,25). The number of thiazole rings is 1. The van der Waals surface area contributed by atoms with Crippen LogP contribution in [0, 0.1) is 0 Å². The molecule has 0 aliphatic rings. The average molecular weight is 383 g/mol. The monoisotopic (exact) mass is 382 g/mol. The van der Waals surface area contributed by atoms with E-state index in [1.807, 2.05) is 47.0 Å². The average Bonchev–Trinajstić information content (AvgIpc) is 3.25. The molecule has 130 valence electrons. The van der Waals surface area contributed by atoms with Gasteiger partial charge in [0.2, 0.25) is 5.95 Å². The van der Waals surface area contributed by atoms with E-state index in [2.05, 4.69) is 34.3 Å². The lowest BCUT2D eigenvalue weighted by Gasteiger charge is -2.18. The Morgan fingerprint density at radius 3 is 2.58 bits per heavy atom. The topological polar surface area (TPSA) is 59.8 Å². The first-order valence-corrected chi connectivity index (χ1v) is 9.33. The Morgan fingerprint density at radius 1 is 1.12 bits per heavy atom. The molecule has 2 aromatic heterocycles. The minimum Gasteiger partial charge on any atom is -0.303 e. The normalized spacial score (nSPS) is 12.2.